The highest BCUT2D eigenvalue weighted by Gasteiger charge is 2.27. The first kappa shape index (κ1) is 13.7. The largest absolute Gasteiger partial charge is 0.411 e. The molecule has 0 spiro atoms. The van der Waals surface area contributed by atoms with E-state index in [9.17, 15) is 13.2 Å². The lowest BCUT2D eigenvalue weighted by Gasteiger charge is -2.23. The summed E-state index contributed by atoms with van der Waals surface area (Å²) in [4.78, 5) is 2.18. The Labute approximate surface area is 93.9 Å². The Kier molecular flexibility index (Phi) is 5.51. The summed E-state index contributed by atoms with van der Waals surface area (Å²) >= 11 is 0. The van der Waals surface area contributed by atoms with Crippen LogP contribution in [0.3, 0.4) is 0 Å². The van der Waals surface area contributed by atoms with Gasteiger partial charge in [0.05, 0.1) is 0 Å². The van der Waals surface area contributed by atoms with Crippen LogP contribution in [0, 0.1) is 0 Å². The van der Waals surface area contributed by atoms with Crippen LogP contribution >= 0.6 is 0 Å². The lowest BCUT2D eigenvalue weighted by molar-refractivity contribution is -0.174. The smallest absolute Gasteiger partial charge is 0.372 e. The van der Waals surface area contributed by atoms with Gasteiger partial charge >= 0.3 is 6.18 Å². The average molecular weight is 240 g/mol. The van der Waals surface area contributed by atoms with Crippen LogP contribution in [0.1, 0.15) is 12.8 Å². The molecule has 1 N–H and O–H groups in total. The van der Waals surface area contributed by atoms with Crippen molar-refractivity contribution in [2.75, 3.05) is 39.9 Å². The van der Waals surface area contributed by atoms with Crippen LogP contribution in [-0.4, -0.2) is 57.0 Å². The number of nitrogens with one attached hydrogen (secondary N) is 1. The first-order valence-corrected chi connectivity index (χ1v) is 5.54. The van der Waals surface area contributed by atoms with Crippen molar-refractivity contribution < 1.29 is 17.9 Å². The second-order valence-corrected chi connectivity index (χ2v) is 4.15. The molecule has 0 saturated carbocycles. The van der Waals surface area contributed by atoms with Crippen LogP contribution in [0.4, 0.5) is 13.2 Å². The molecule has 1 saturated heterocycles. The van der Waals surface area contributed by atoms with Gasteiger partial charge in [-0.25, -0.2) is 0 Å². The second-order valence-electron chi connectivity index (χ2n) is 4.15. The molecule has 0 amide bonds. The SMILES string of the molecule is CN(CCCOCC(F)(F)F)C1CCNC1. The van der Waals surface area contributed by atoms with E-state index >= 15 is 0 Å². The molecule has 1 atom stereocenters. The van der Waals surface area contributed by atoms with E-state index in [4.69, 9.17) is 0 Å². The van der Waals surface area contributed by atoms with Crippen molar-refractivity contribution in [3.8, 4) is 0 Å². The Morgan fingerprint density at radius 2 is 2.19 bits per heavy atom. The molecule has 1 unspecified atom stereocenters. The van der Waals surface area contributed by atoms with Gasteiger partial charge in [-0.1, -0.05) is 0 Å². The number of rotatable bonds is 6. The summed E-state index contributed by atoms with van der Waals surface area (Å²) in [5, 5.41) is 3.25. The van der Waals surface area contributed by atoms with Gasteiger partial charge in [0.1, 0.15) is 6.61 Å². The molecule has 1 heterocycles. The zero-order valence-electron chi connectivity index (χ0n) is 9.52. The van der Waals surface area contributed by atoms with E-state index in [0.29, 0.717) is 12.5 Å². The Bertz CT molecular complexity index is 193. The van der Waals surface area contributed by atoms with Crippen LogP contribution in [-0.2, 0) is 4.74 Å². The van der Waals surface area contributed by atoms with Crippen molar-refractivity contribution in [1.82, 2.24) is 10.2 Å². The molecule has 3 nitrogen and oxygen atoms in total. The van der Waals surface area contributed by atoms with E-state index in [0.717, 1.165) is 26.1 Å². The zero-order chi connectivity index (χ0) is 12.0. The van der Waals surface area contributed by atoms with Gasteiger partial charge in [-0.2, -0.15) is 13.2 Å². The van der Waals surface area contributed by atoms with Gasteiger partial charge < -0.3 is 15.0 Å². The topological polar surface area (TPSA) is 24.5 Å². The third-order valence-corrected chi connectivity index (χ3v) is 2.72. The zero-order valence-corrected chi connectivity index (χ0v) is 9.52. The molecule has 96 valence electrons. The molecule has 1 aliphatic heterocycles. The summed E-state index contributed by atoms with van der Waals surface area (Å²) in [6, 6.07) is 0.516. The lowest BCUT2D eigenvalue weighted by Crippen LogP contribution is -2.34. The third kappa shape index (κ3) is 5.67. The maximum Gasteiger partial charge on any atom is 0.411 e. The number of halogens is 3. The Hall–Kier alpha value is -0.330. The van der Waals surface area contributed by atoms with E-state index in [1.54, 1.807) is 0 Å². The summed E-state index contributed by atoms with van der Waals surface area (Å²) in [5.74, 6) is 0. The van der Waals surface area contributed by atoms with Gasteiger partial charge in [0, 0.05) is 25.7 Å². The highest BCUT2D eigenvalue weighted by atomic mass is 19.4. The molecule has 6 heteroatoms. The van der Waals surface area contributed by atoms with Gasteiger partial charge in [-0.05, 0) is 26.4 Å². The molecule has 0 aromatic rings. The first-order valence-electron chi connectivity index (χ1n) is 5.54. The van der Waals surface area contributed by atoms with Crippen LogP contribution in [0.25, 0.3) is 0 Å². The number of likely N-dealkylation sites (N-methyl/N-ethyl adjacent to an activating group) is 1. The molecule has 0 aromatic carbocycles. The highest BCUT2D eigenvalue weighted by molar-refractivity contribution is 4.78. The van der Waals surface area contributed by atoms with E-state index < -0.39 is 12.8 Å². The van der Waals surface area contributed by atoms with Crippen molar-refractivity contribution in [2.45, 2.75) is 25.1 Å². The van der Waals surface area contributed by atoms with Gasteiger partial charge in [0.25, 0.3) is 0 Å². The highest BCUT2D eigenvalue weighted by Crippen LogP contribution is 2.14. The number of hydrogen-bond donors (Lipinski definition) is 1. The Morgan fingerprint density at radius 3 is 2.75 bits per heavy atom. The van der Waals surface area contributed by atoms with Gasteiger partial charge in [-0.3, -0.25) is 0 Å². The molecule has 16 heavy (non-hydrogen) atoms. The fourth-order valence-corrected chi connectivity index (χ4v) is 1.80. The average Bonchev–Trinajstić information content (AvgIpc) is 2.67. The minimum atomic E-state index is -4.21. The minimum absolute atomic E-state index is 0.171. The summed E-state index contributed by atoms with van der Waals surface area (Å²) < 4.78 is 39.8. The maximum atomic E-state index is 11.7. The molecule has 0 radical (unpaired) electrons. The third-order valence-electron chi connectivity index (χ3n) is 2.72. The van der Waals surface area contributed by atoms with Gasteiger partial charge in [0.2, 0.25) is 0 Å². The molecule has 0 aliphatic carbocycles. The molecular formula is C10H19F3N2O. The Morgan fingerprint density at radius 1 is 1.44 bits per heavy atom. The van der Waals surface area contributed by atoms with Crippen molar-refractivity contribution in [3.05, 3.63) is 0 Å². The normalized spacial score (nSPS) is 21.9. The number of alkyl halides is 3. The predicted molar refractivity (Wildman–Crippen MR) is 55.4 cm³/mol. The van der Waals surface area contributed by atoms with Gasteiger partial charge in [0.15, 0.2) is 0 Å². The predicted octanol–water partition coefficient (Wildman–Crippen LogP) is 1.25. The molecule has 0 bridgehead atoms. The Balaban J connectivity index is 1.98. The minimum Gasteiger partial charge on any atom is -0.372 e. The van der Waals surface area contributed by atoms with E-state index in [1.165, 1.54) is 0 Å². The van der Waals surface area contributed by atoms with E-state index in [2.05, 4.69) is 15.0 Å². The molecule has 1 aliphatic rings. The fourth-order valence-electron chi connectivity index (χ4n) is 1.80. The van der Waals surface area contributed by atoms with Crippen molar-refractivity contribution in [1.29, 1.82) is 0 Å². The number of ether oxygens (including phenoxy) is 1. The van der Waals surface area contributed by atoms with Crippen LogP contribution in [0.2, 0.25) is 0 Å². The van der Waals surface area contributed by atoms with Crippen LogP contribution in [0.5, 0.6) is 0 Å². The summed E-state index contributed by atoms with van der Waals surface area (Å²) in [5.41, 5.74) is 0. The van der Waals surface area contributed by atoms with E-state index in [-0.39, 0.29) is 6.61 Å². The van der Waals surface area contributed by atoms with Crippen LogP contribution < -0.4 is 5.32 Å². The molecule has 0 aromatic heterocycles. The molecule has 1 fully saturated rings. The number of nitrogens with zero attached hydrogens (tertiary/aromatic N) is 1. The molecule has 1 rings (SSSR count). The maximum absolute atomic E-state index is 11.7. The monoisotopic (exact) mass is 240 g/mol. The standard InChI is InChI=1S/C10H19F3N2O/c1-15(9-3-4-14-7-9)5-2-6-16-8-10(11,12)13/h9,14H,2-8H2,1H3. The van der Waals surface area contributed by atoms with Gasteiger partial charge in [-0.15, -0.1) is 0 Å². The summed E-state index contributed by atoms with van der Waals surface area (Å²) in [7, 11) is 2.00. The lowest BCUT2D eigenvalue weighted by atomic mass is 10.2. The van der Waals surface area contributed by atoms with Crippen molar-refractivity contribution in [2.24, 2.45) is 0 Å². The van der Waals surface area contributed by atoms with Crippen LogP contribution in [0.15, 0.2) is 0 Å². The fraction of sp³-hybridized carbons (Fsp3) is 1.00. The second kappa shape index (κ2) is 6.42. The quantitative estimate of drug-likeness (QED) is 0.707. The van der Waals surface area contributed by atoms with Crippen molar-refractivity contribution >= 4 is 0 Å². The number of hydrogen-bond acceptors (Lipinski definition) is 3. The summed E-state index contributed by atoms with van der Waals surface area (Å²) in [6.07, 6.45) is -2.45. The van der Waals surface area contributed by atoms with Crippen molar-refractivity contribution in [3.63, 3.8) is 0 Å². The molecular weight excluding hydrogens is 221 g/mol. The summed E-state index contributed by atoms with van der Waals surface area (Å²) in [6.45, 7) is 1.81. The first-order chi connectivity index (χ1) is 7.49. The van der Waals surface area contributed by atoms with E-state index in [1.807, 2.05) is 7.05 Å².